The van der Waals surface area contributed by atoms with Crippen molar-refractivity contribution in [1.82, 2.24) is 20.9 Å². The van der Waals surface area contributed by atoms with Crippen LogP contribution in [0.2, 0.25) is 0 Å². The fraction of sp³-hybridized carbons (Fsp3) is 0.969. The molecule has 11 atom stereocenters. The van der Waals surface area contributed by atoms with Gasteiger partial charge in [0, 0.05) is 42.5 Å². The second kappa shape index (κ2) is 12.3. The van der Waals surface area contributed by atoms with Gasteiger partial charge in [-0.2, -0.15) is 0 Å². The van der Waals surface area contributed by atoms with Crippen LogP contribution in [0.25, 0.3) is 0 Å². The molecule has 5 N–H and O–H groups in total. The van der Waals surface area contributed by atoms with Gasteiger partial charge in [0.2, 0.25) is 5.91 Å². The summed E-state index contributed by atoms with van der Waals surface area (Å²) in [4.78, 5) is 17.1. The molecule has 4 aliphatic carbocycles. The number of halogens is 1. The molecule has 0 aromatic rings. The molecule has 11 unspecified atom stereocenters. The highest BCUT2D eigenvalue weighted by atomic mass is 32.2. The standard InChI is InChI=1S/C32H54FN5O3S/c33-20-16-26-32-14-5-4-8-24(32)28(32)29(35-17-20)27(30(34)37-26)31(39)36-25-18-38(21-6-2-1-3-7-21)15-13-23(25)19-9-11-22(12-10-19)42(40)41/h19-30,35,37H,1-18,34H2,(H,36,39)(H,40,41)/p-1. The van der Waals surface area contributed by atoms with Gasteiger partial charge in [0.15, 0.2) is 0 Å². The minimum atomic E-state index is -2.00. The van der Waals surface area contributed by atoms with E-state index in [9.17, 15) is 13.6 Å². The SMILES string of the molecule is NC1NC2CC(F)CNC(C1C(=O)NC1CN(C3CCCCC3)CCC1C1CCC(S(=O)[O-])CC1)C1C3CCCCC231. The van der Waals surface area contributed by atoms with E-state index in [0.717, 1.165) is 51.6 Å². The summed E-state index contributed by atoms with van der Waals surface area (Å²) in [5, 5.41) is 10.6. The number of carbonyl (C=O) groups is 1. The van der Waals surface area contributed by atoms with Crippen LogP contribution < -0.4 is 21.7 Å². The number of carbonyl (C=O) groups excluding carboxylic acids is 1. The van der Waals surface area contributed by atoms with Crippen LogP contribution >= 0.6 is 0 Å². The van der Waals surface area contributed by atoms with Gasteiger partial charge in [-0.3, -0.25) is 19.2 Å². The van der Waals surface area contributed by atoms with Crippen LogP contribution in [0, 0.1) is 35.0 Å². The van der Waals surface area contributed by atoms with Gasteiger partial charge in [-0.25, -0.2) is 4.39 Å². The van der Waals surface area contributed by atoms with E-state index >= 15 is 4.39 Å². The Morgan fingerprint density at radius 3 is 2.55 bits per heavy atom. The maximum Gasteiger partial charge on any atom is 0.227 e. The molecule has 7 fully saturated rings. The highest BCUT2D eigenvalue weighted by Gasteiger charge is 2.73. The molecule has 3 aliphatic heterocycles. The van der Waals surface area contributed by atoms with Gasteiger partial charge < -0.3 is 20.9 Å². The van der Waals surface area contributed by atoms with Crippen LogP contribution in [0.1, 0.15) is 96.3 Å². The van der Waals surface area contributed by atoms with E-state index in [1.807, 2.05) is 0 Å². The van der Waals surface area contributed by atoms with Gasteiger partial charge in [-0.1, -0.05) is 43.2 Å². The van der Waals surface area contributed by atoms with Crippen LogP contribution in [0.5, 0.6) is 0 Å². The van der Waals surface area contributed by atoms with E-state index < -0.39 is 29.3 Å². The summed E-state index contributed by atoms with van der Waals surface area (Å²) in [7, 11) is 0. The summed E-state index contributed by atoms with van der Waals surface area (Å²) in [5.41, 5.74) is 6.94. The van der Waals surface area contributed by atoms with Crippen LogP contribution in [0.15, 0.2) is 0 Å². The quantitative estimate of drug-likeness (QED) is 0.355. The Bertz CT molecular complexity index is 1010. The first kappa shape index (κ1) is 30.0. The molecule has 3 saturated heterocycles. The highest BCUT2D eigenvalue weighted by Crippen LogP contribution is 2.71. The minimum absolute atomic E-state index is 0.0269. The number of hydrogen-bond donors (Lipinski definition) is 4. The van der Waals surface area contributed by atoms with Crippen LogP contribution in [-0.2, 0) is 15.9 Å². The van der Waals surface area contributed by atoms with Gasteiger partial charge >= 0.3 is 0 Å². The molecule has 1 amide bonds. The number of amides is 1. The molecule has 0 radical (unpaired) electrons. The van der Waals surface area contributed by atoms with Gasteiger partial charge in [0.1, 0.15) is 6.17 Å². The summed E-state index contributed by atoms with van der Waals surface area (Å²) in [5.74, 6) is 1.33. The van der Waals surface area contributed by atoms with E-state index in [1.165, 1.54) is 51.4 Å². The lowest BCUT2D eigenvalue weighted by molar-refractivity contribution is -0.129. The van der Waals surface area contributed by atoms with Gasteiger partial charge in [0.25, 0.3) is 0 Å². The zero-order chi connectivity index (χ0) is 29.0. The van der Waals surface area contributed by atoms with E-state index in [4.69, 9.17) is 5.73 Å². The second-order valence-electron chi connectivity index (χ2n) is 15.2. The lowest BCUT2D eigenvalue weighted by Gasteiger charge is -2.47. The summed E-state index contributed by atoms with van der Waals surface area (Å²) in [6, 6.07) is 0.581. The monoisotopic (exact) mass is 606 g/mol. The number of piperidine rings is 1. The molecule has 238 valence electrons. The van der Waals surface area contributed by atoms with Crippen LogP contribution in [0.3, 0.4) is 0 Å². The lowest BCUT2D eigenvalue weighted by Crippen LogP contribution is -2.62. The second-order valence-corrected chi connectivity index (χ2v) is 16.4. The van der Waals surface area contributed by atoms with Crippen molar-refractivity contribution in [2.45, 2.75) is 138 Å². The molecule has 0 aromatic carbocycles. The van der Waals surface area contributed by atoms with Crippen molar-refractivity contribution in [1.29, 1.82) is 0 Å². The van der Waals surface area contributed by atoms with Crippen molar-refractivity contribution in [3.8, 4) is 0 Å². The Labute approximate surface area is 253 Å². The van der Waals surface area contributed by atoms with E-state index in [-0.39, 0.29) is 34.7 Å². The highest BCUT2D eigenvalue weighted by molar-refractivity contribution is 7.79. The Morgan fingerprint density at radius 1 is 1.02 bits per heavy atom. The summed E-state index contributed by atoms with van der Waals surface area (Å²) in [6.07, 6.45) is 14.5. The molecule has 1 spiro atoms. The number of nitrogens with zero attached hydrogens (tertiary/aromatic N) is 1. The average molecular weight is 607 g/mol. The minimum Gasteiger partial charge on any atom is -0.772 e. The number of likely N-dealkylation sites (tertiary alicyclic amines) is 1. The number of rotatable bonds is 5. The van der Waals surface area contributed by atoms with Crippen LogP contribution in [-0.4, -0.2) is 81.0 Å². The van der Waals surface area contributed by atoms with Gasteiger partial charge in [0.05, 0.1) is 12.1 Å². The predicted octanol–water partition coefficient (Wildman–Crippen LogP) is 2.94. The molecule has 42 heavy (non-hydrogen) atoms. The zero-order valence-corrected chi connectivity index (χ0v) is 26.0. The first-order valence-corrected chi connectivity index (χ1v) is 18.5. The van der Waals surface area contributed by atoms with Crippen molar-refractivity contribution in [2.75, 3.05) is 19.6 Å². The van der Waals surface area contributed by atoms with Gasteiger partial charge in [-0.05, 0) is 99.8 Å². The van der Waals surface area contributed by atoms with E-state index in [2.05, 4.69) is 20.9 Å². The third-order valence-electron chi connectivity index (χ3n) is 13.3. The Balaban J connectivity index is 1.12. The first-order chi connectivity index (χ1) is 20.4. The Hall–Kier alpha value is -0.650. The maximum atomic E-state index is 15.1. The summed E-state index contributed by atoms with van der Waals surface area (Å²) >= 11 is -2.00. The van der Waals surface area contributed by atoms with E-state index in [0.29, 0.717) is 42.7 Å². The fourth-order valence-corrected chi connectivity index (χ4v) is 12.0. The van der Waals surface area contributed by atoms with Crippen LogP contribution in [0.4, 0.5) is 4.39 Å². The molecule has 3 heterocycles. The van der Waals surface area contributed by atoms with Crippen molar-refractivity contribution in [2.24, 2.45) is 40.7 Å². The molecule has 4 saturated carbocycles. The average Bonchev–Trinajstić information content (AvgIpc) is 3.68. The maximum absolute atomic E-state index is 15.1. The number of alkyl halides is 1. The van der Waals surface area contributed by atoms with Crippen molar-refractivity contribution >= 4 is 17.0 Å². The van der Waals surface area contributed by atoms with E-state index in [1.54, 1.807) is 0 Å². The number of nitrogens with one attached hydrogen (secondary N) is 3. The number of hydrogen-bond acceptors (Lipinski definition) is 7. The predicted molar refractivity (Wildman–Crippen MR) is 161 cm³/mol. The molecule has 2 bridgehead atoms. The largest absolute Gasteiger partial charge is 0.772 e. The molecule has 7 rings (SSSR count). The smallest absolute Gasteiger partial charge is 0.227 e. The summed E-state index contributed by atoms with van der Waals surface area (Å²) < 4.78 is 38.4. The first-order valence-electron chi connectivity index (χ1n) is 17.4. The number of nitrogens with two attached hydrogens (primary N) is 1. The lowest BCUT2D eigenvalue weighted by atomic mass is 9.72. The molecule has 7 aliphatic rings. The van der Waals surface area contributed by atoms with Crippen molar-refractivity contribution < 1.29 is 17.9 Å². The van der Waals surface area contributed by atoms with Crippen molar-refractivity contribution in [3.05, 3.63) is 0 Å². The van der Waals surface area contributed by atoms with Gasteiger partial charge in [-0.15, -0.1) is 0 Å². The zero-order valence-electron chi connectivity index (χ0n) is 25.2. The molecule has 0 aromatic heterocycles. The molecule has 8 nitrogen and oxygen atoms in total. The normalized spacial score (nSPS) is 49.1. The third-order valence-corrected chi connectivity index (χ3v) is 14.3. The molecule has 10 heteroatoms. The van der Waals surface area contributed by atoms with Crippen molar-refractivity contribution in [3.63, 3.8) is 0 Å². The fourth-order valence-electron chi connectivity index (χ4n) is 11.3. The molecular formula is C32H53FN5O3S-. The topological polar surface area (TPSA) is 123 Å². The third kappa shape index (κ3) is 5.42. The summed E-state index contributed by atoms with van der Waals surface area (Å²) in [6.45, 7) is 2.23. The Morgan fingerprint density at radius 2 is 1.79 bits per heavy atom. The molecular weight excluding hydrogens is 553 g/mol. The Kier molecular flexibility index (Phi) is 8.77.